The summed E-state index contributed by atoms with van der Waals surface area (Å²) in [6.07, 6.45) is 23.8. The molecule has 0 unspecified atom stereocenters. The Kier molecular flexibility index (Phi) is 24.6. The fraction of sp³-hybridized carbons (Fsp3) is 0.852. The second-order valence-corrected chi connectivity index (χ2v) is 10.4. The molecule has 0 aromatic carbocycles. The second-order valence-electron chi connectivity index (χ2n) is 9.05. The maximum atomic E-state index is 12.1. The van der Waals surface area contributed by atoms with Crippen LogP contribution in [-0.4, -0.2) is 28.1 Å². The van der Waals surface area contributed by atoms with Gasteiger partial charge in [-0.3, -0.25) is 9.59 Å². The first-order chi connectivity index (χ1) is 16.1. The Labute approximate surface area is 206 Å². The zero-order valence-corrected chi connectivity index (χ0v) is 22.9. The lowest BCUT2D eigenvalue weighted by molar-refractivity contribution is -0.143. The molecule has 194 valence electrons. The highest BCUT2D eigenvalue weighted by Crippen LogP contribution is 2.13. The third-order valence-corrected chi connectivity index (χ3v) is 7.15. The van der Waals surface area contributed by atoms with Gasteiger partial charge in [-0.25, -0.2) is 0 Å². The fourth-order valence-corrected chi connectivity index (χ4v) is 4.87. The van der Waals surface area contributed by atoms with Gasteiger partial charge in [0.25, 0.3) is 11.9 Å². The number of rotatable bonds is 25. The lowest BCUT2D eigenvalue weighted by atomic mass is 10.1. The van der Waals surface area contributed by atoms with Gasteiger partial charge in [-0.1, -0.05) is 123 Å². The predicted molar refractivity (Wildman–Crippen MR) is 139 cm³/mol. The lowest BCUT2D eigenvalue weighted by Gasteiger charge is -2.15. The molecule has 0 heterocycles. The third kappa shape index (κ3) is 23.8. The van der Waals surface area contributed by atoms with Crippen LogP contribution in [0.2, 0.25) is 0 Å². The van der Waals surface area contributed by atoms with Crippen LogP contribution in [0.1, 0.15) is 142 Å². The Bertz CT molecular complexity index is 433. The van der Waals surface area contributed by atoms with Crippen molar-refractivity contribution in [3.05, 3.63) is 12.7 Å². The summed E-state index contributed by atoms with van der Waals surface area (Å²) in [6, 6.07) is 0. The van der Waals surface area contributed by atoms with E-state index in [1.807, 2.05) is 0 Å². The molecule has 6 heteroatoms. The molecule has 0 N–H and O–H groups in total. The van der Waals surface area contributed by atoms with Gasteiger partial charge < -0.3 is 13.3 Å². The van der Waals surface area contributed by atoms with Crippen LogP contribution in [0.25, 0.3) is 0 Å². The van der Waals surface area contributed by atoms with E-state index in [0.717, 1.165) is 38.5 Å². The fourth-order valence-electron chi connectivity index (χ4n) is 3.73. The van der Waals surface area contributed by atoms with E-state index in [-0.39, 0.29) is 18.5 Å². The first-order valence-corrected chi connectivity index (χ1v) is 15.2. The van der Waals surface area contributed by atoms with E-state index in [1.165, 1.54) is 77.0 Å². The summed E-state index contributed by atoms with van der Waals surface area (Å²) in [5, 5.41) is 0. The molecule has 0 aliphatic heterocycles. The minimum atomic E-state index is -2.80. The lowest BCUT2D eigenvalue weighted by Crippen LogP contribution is -2.32. The standard InChI is InChI=1S/C27H52O5Si/c1-4-7-9-11-13-15-17-19-21-23-26(28)31-33(30-25-6-3)32-27(29)24-22-20-18-16-14-12-10-8-5-2/h6,33H,3-5,7-25H2,1-2H3. The molecular formula is C27H52O5Si. The number of hydrogen-bond acceptors (Lipinski definition) is 5. The highest BCUT2D eigenvalue weighted by Gasteiger charge is 2.24. The van der Waals surface area contributed by atoms with Gasteiger partial charge in [0.1, 0.15) is 0 Å². The van der Waals surface area contributed by atoms with E-state index in [0.29, 0.717) is 12.8 Å². The molecule has 0 aromatic rings. The molecule has 0 aromatic heterocycles. The smallest absolute Gasteiger partial charge is 0.467 e. The summed E-state index contributed by atoms with van der Waals surface area (Å²) in [6.45, 7) is 8.29. The van der Waals surface area contributed by atoms with E-state index >= 15 is 0 Å². The molecule has 0 amide bonds. The summed E-state index contributed by atoms with van der Waals surface area (Å²) in [5.41, 5.74) is 0. The van der Waals surface area contributed by atoms with Crippen molar-refractivity contribution in [2.45, 2.75) is 142 Å². The molecule has 0 fully saturated rings. The van der Waals surface area contributed by atoms with Gasteiger partial charge in [-0.2, -0.15) is 0 Å². The van der Waals surface area contributed by atoms with Crippen LogP contribution in [0.5, 0.6) is 0 Å². The first kappa shape index (κ1) is 31.9. The Balaban J connectivity index is 3.88. The highest BCUT2D eigenvalue weighted by atomic mass is 28.3. The average Bonchev–Trinajstić information content (AvgIpc) is 2.80. The van der Waals surface area contributed by atoms with Crippen LogP contribution in [0, 0.1) is 0 Å². The maximum Gasteiger partial charge on any atom is 0.620 e. The van der Waals surface area contributed by atoms with E-state index in [4.69, 9.17) is 13.3 Å². The van der Waals surface area contributed by atoms with Gasteiger partial charge in [0.15, 0.2) is 0 Å². The molecular weight excluding hydrogens is 432 g/mol. The first-order valence-electron chi connectivity index (χ1n) is 13.8. The molecule has 0 aliphatic rings. The van der Waals surface area contributed by atoms with Gasteiger partial charge in [-0.15, -0.1) is 6.58 Å². The van der Waals surface area contributed by atoms with E-state index in [1.54, 1.807) is 6.08 Å². The molecule has 33 heavy (non-hydrogen) atoms. The minimum absolute atomic E-state index is 0.216. The quantitative estimate of drug-likeness (QED) is 0.0750. The number of carbonyl (C=O) groups excluding carboxylic acids is 2. The molecule has 5 nitrogen and oxygen atoms in total. The van der Waals surface area contributed by atoms with Gasteiger partial charge in [0.2, 0.25) is 0 Å². The van der Waals surface area contributed by atoms with Crippen LogP contribution >= 0.6 is 0 Å². The number of carbonyl (C=O) groups is 2. The van der Waals surface area contributed by atoms with Gasteiger partial charge in [0.05, 0.1) is 6.61 Å². The van der Waals surface area contributed by atoms with Crippen LogP contribution in [0.15, 0.2) is 12.7 Å². The largest absolute Gasteiger partial charge is 0.620 e. The van der Waals surface area contributed by atoms with Crippen molar-refractivity contribution in [1.29, 1.82) is 0 Å². The normalized spacial score (nSPS) is 11.0. The molecule has 0 rings (SSSR count). The summed E-state index contributed by atoms with van der Waals surface area (Å²) in [5.74, 6) is -0.649. The van der Waals surface area contributed by atoms with Crippen LogP contribution in [-0.2, 0) is 22.9 Å². The van der Waals surface area contributed by atoms with Crippen molar-refractivity contribution >= 4 is 21.5 Å². The third-order valence-electron chi connectivity index (χ3n) is 5.77. The molecule has 0 radical (unpaired) electrons. The van der Waals surface area contributed by atoms with E-state index < -0.39 is 9.53 Å². The zero-order valence-electron chi connectivity index (χ0n) is 21.8. The van der Waals surface area contributed by atoms with E-state index in [2.05, 4.69) is 20.4 Å². The zero-order chi connectivity index (χ0) is 24.4. The van der Waals surface area contributed by atoms with Crippen LogP contribution < -0.4 is 0 Å². The van der Waals surface area contributed by atoms with Crippen molar-refractivity contribution in [3.63, 3.8) is 0 Å². The minimum Gasteiger partial charge on any atom is -0.467 e. The van der Waals surface area contributed by atoms with Crippen LogP contribution in [0.4, 0.5) is 0 Å². The summed E-state index contributed by atoms with van der Waals surface area (Å²) >= 11 is 0. The Morgan fingerprint density at radius 2 is 0.939 bits per heavy atom. The Morgan fingerprint density at radius 1 is 0.606 bits per heavy atom. The van der Waals surface area contributed by atoms with Crippen molar-refractivity contribution in [2.75, 3.05) is 6.61 Å². The molecule has 0 aliphatic carbocycles. The van der Waals surface area contributed by atoms with E-state index in [9.17, 15) is 9.59 Å². The topological polar surface area (TPSA) is 61.8 Å². The van der Waals surface area contributed by atoms with Gasteiger partial charge in [-0.05, 0) is 12.8 Å². The molecule has 0 saturated carbocycles. The molecule has 0 spiro atoms. The Hall–Kier alpha value is -1.14. The van der Waals surface area contributed by atoms with Gasteiger partial charge in [0, 0.05) is 12.8 Å². The number of unbranched alkanes of at least 4 members (excludes halogenated alkanes) is 16. The monoisotopic (exact) mass is 484 g/mol. The predicted octanol–water partition coefficient (Wildman–Crippen LogP) is 7.83. The molecule has 0 saturated heterocycles. The second kappa shape index (κ2) is 25.5. The Morgan fingerprint density at radius 3 is 1.27 bits per heavy atom. The summed E-state index contributed by atoms with van der Waals surface area (Å²) in [4.78, 5) is 24.3. The maximum absolute atomic E-state index is 12.1. The van der Waals surface area contributed by atoms with Crippen molar-refractivity contribution in [2.24, 2.45) is 0 Å². The van der Waals surface area contributed by atoms with Crippen molar-refractivity contribution in [1.82, 2.24) is 0 Å². The highest BCUT2D eigenvalue weighted by molar-refractivity contribution is 6.41. The average molecular weight is 485 g/mol. The summed E-state index contributed by atoms with van der Waals surface area (Å²) in [7, 11) is -2.80. The molecule has 0 atom stereocenters. The van der Waals surface area contributed by atoms with Crippen molar-refractivity contribution < 1.29 is 22.9 Å². The number of hydrogen-bond donors (Lipinski definition) is 0. The van der Waals surface area contributed by atoms with Gasteiger partial charge >= 0.3 is 9.53 Å². The van der Waals surface area contributed by atoms with Crippen LogP contribution in [0.3, 0.4) is 0 Å². The van der Waals surface area contributed by atoms with Crippen molar-refractivity contribution in [3.8, 4) is 0 Å². The molecule has 0 bridgehead atoms. The summed E-state index contributed by atoms with van der Waals surface area (Å²) < 4.78 is 16.2. The SMILES string of the molecule is C=CCO[SiH](OC(=O)CCCCCCCCCCC)OC(=O)CCCCCCCCCCC.